The fraction of sp³-hybridized carbons (Fsp3) is 0.333. The van der Waals surface area contributed by atoms with E-state index in [1.54, 1.807) is 6.92 Å². The van der Waals surface area contributed by atoms with Gasteiger partial charge in [-0.3, -0.25) is 0 Å². The predicted molar refractivity (Wildman–Crippen MR) is 102 cm³/mol. The highest BCUT2D eigenvalue weighted by molar-refractivity contribution is 5.92. The molecule has 0 aliphatic rings. The van der Waals surface area contributed by atoms with Gasteiger partial charge in [-0.25, -0.2) is 9.97 Å². The van der Waals surface area contributed by atoms with E-state index in [4.69, 9.17) is 0 Å². The molecule has 1 heterocycles. The molecular weight excluding hydrogens is 351 g/mol. The van der Waals surface area contributed by atoms with Crippen molar-refractivity contribution in [1.82, 2.24) is 9.97 Å². The van der Waals surface area contributed by atoms with Crippen molar-refractivity contribution in [1.29, 1.82) is 0 Å². The van der Waals surface area contributed by atoms with Gasteiger partial charge in [0.05, 0.1) is 5.52 Å². The summed E-state index contributed by atoms with van der Waals surface area (Å²) in [5.41, 5.74) is 3.20. The van der Waals surface area contributed by atoms with Crippen molar-refractivity contribution >= 4 is 16.7 Å². The fourth-order valence-electron chi connectivity index (χ4n) is 3.16. The lowest BCUT2D eigenvalue weighted by Crippen LogP contribution is -2.20. The number of fused-ring (bicyclic) bond motifs is 1. The van der Waals surface area contributed by atoms with Crippen LogP contribution >= 0.6 is 0 Å². The fourth-order valence-corrected chi connectivity index (χ4v) is 3.16. The van der Waals surface area contributed by atoms with Gasteiger partial charge in [0.1, 0.15) is 5.82 Å². The van der Waals surface area contributed by atoms with E-state index in [9.17, 15) is 13.2 Å². The summed E-state index contributed by atoms with van der Waals surface area (Å²) in [4.78, 5) is 7.57. The Hall–Kier alpha value is -2.63. The number of benzene rings is 2. The highest BCUT2D eigenvalue weighted by Gasteiger charge is 2.35. The highest BCUT2D eigenvalue weighted by Crippen LogP contribution is 2.32. The van der Waals surface area contributed by atoms with Gasteiger partial charge in [-0.05, 0) is 56.4 Å². The van der Waals surface area contributed by atoms with Crippen LogP contribution in [-0.2, 0) is 12.6 Å². The van der Waals surface area contributed by atoms with Crippen LogP contribution < -0.4 is 5.32 Å². The van der Waals surface area contributed by atoms with E-state index < -0.39 is 12.0 Å². The van der Waals surface area contributed by atoms with Gasteiger partial charge in [-0.15, -0.1) is 0 Å². The molecule has 27 heavy (non-hydrogen) atoms. The predicted octanol–water partition coefficient (Wildman–Crippen LogP) is 5.70. The van der Waals surface area contributed by atoms with Gasteiger partial charge in [0.25, 0.3) is 0 Å². The van der Waals surface area contributed by atoms with E-state index >= 15 is 0 Å². The molecule has 0 unspecified atom stereocenters. The van der Waals surface area contributed by atoms with Gasteiger partial charge in [-0.1, -0.05) is 36.4 Å². The number of nitrogens with zero attached hydrogens (tertiary/aromatic N) is 2. The van der Waals surface area contributed by atoms with E-state index in [0.29, 0.717) is 16.5 Å². The second-order valence-corrected chi connectivity index (χ2v) is 6.94. The number of hydrogen-bond donors (Lipinski definition) is 1. The lowest BCUT2D eigenvalue weighted by Gasteiger charge is -2.18. The molecule has 0 saturated heterocycles. The first-order valence-electron chi connectivity index (χ1n) is 8.90. The SMILES string of the molecule is Cc1cc(C)c2nc(C(F)(F)F)nc(N[C@H](C)CCc3ccccc3)c2c1. The summed E-state index contributed by atoms with van der Waals surface area (Å²) in [5, 5.41) is 3.79. The molecule has 0 saturated carbocycles. The van der Waals surface area contributed by atoms with Crippen molar-refractivity contribution in [3.63, 3.8) is 0 Å². The molecule has 3 aromatic rings. The highest BCUT2D eigenvalue weighted by atomic mass is 19.4. The Morgan fingerprint density at radius 1 is 1.04 bits per heavy atom. The summed E-state index contributed by atoms with van der Waals surface area (Å²) >= 11 is 0. The zero-order valence-corrected chi connectivity index (χ0v) is 15.6. The van der Waals surface area contributed by atoms with Crippen LogP contribution in [0.1, 0.15) is 35.9 Å². The smallest absolute Gasteiger partial charge is 0.367 e. The van der Waals surface area contributed by atoms with E-state index in [0.717, 1.165) is 18.4 Å². The number of aromatic nitrogens is 2. The summed E-state index contributed by atoms with van der Waals surface area (Å²) < 4.78 is 39.8. The average molecular weight is 373 g/mol. The number of anilines is 1. The molecule has 2 aromatic carbocycles. The normalized spacial score (nSPS) is 13.0. The van der Waals surface area contributed by atoms with Gasteiger partial charge in [0.15, 0.2) is 0 Å². The molecule has 0 fully saturated rings. The molecule has 1 N–H and O–H groups in total. The lowest BCUT2D eigenvalue weighted by atomic mass is 10.0. The monoisotopic (exact) mass is 373 g/mol. The number of hydrogen-bond acceptors (Lipinski definition) is 3. The zero-order chi connectivity index (χ0) is 19.6. The summed E-state index contributed by atoms with van der Waals surface area (Å²) in [7, 11) is 0. The molecule has 3 nitrogen and oxygen atoms in total. The molecule has 0 aliphatic heterocycles. The van der Waals surface area contributed by atoms with E-state index in [1.165, 1.54) is 5.56 Å². The topological polar surface area (TPSA) is 37.8 Å². The first-order valence-corrected chi connectivity index (χ1v) is 8.90. The van der Waals surface area contributed by atoms with Gasteiger partial charge in [-0.2, -0.15) is 13.2 Å². The Bertz CT molecular complexity index is 937. The quantitative estimate of drug-likeness (QED) is 0.623. The molecule has 1 atom stereocenters. The molecule has 6 heteroatoms. The standard InChI is InChI=1S/C21H22F3N3/c1-13-11-14(2)18-17(12-13)19(27-20(26-18)21(22,23)24)25-15(3)9-10-16-7-5-4-6-8-16/h4-8,11-12,15H,9-10H2,1-3H3,(H,25,26,27)/t15-/m1/s1. The minimum absolute atomic E-state index is 0.0368. The van der Waals surface area contributed by atoms with Gasteiger partial charge in [0, 0.05) is 11.4 Å². The third-order valence-corrected chi connectivity index (χ3v) is 4.48. The number of alkyl halides is 3. The van der Waals surface area contributed by atoms with Crippen LogP contribution in [0, 0.1) is 13.8 Å². The maximum Gasteiger partial charge on any atom is 0.451 e. The van der Waals surface area contributed by atoms with Crippen LogP contribution in [0.15, 0.2) is 42.5 Å². The molecule has 0 amide bonds. The summed E-state index contributed by atoms with van der Waals surface area (Å²) in [6.07, 6.45) is -2.97. The van der Waals surface area contributed by atoms with Crippen LogP contribution in [0.2, 0.25) is 0 Å². The third-order valence-electron chi connectivity index (χ3n) is 4.48. The molecule has 0 radical (unpaired) electrons. The molecule has 0 spiro atoms. The largest absolute Gasteiger partial charge is 0.451 e. The second-order valence-electron chi connectivity index (χ2n) is 6.94. The van der Waals surface area contributed by atoms with Gasteiger partial charge < -0.3 is 5.32 Å². The van der Waals surface area contributed by atoms with Crippen LogP contribution in [-0.4, -0.2) is 16.0 Å². The van der Waals surface area contributed by atoms with Crippen molar-refractivity contribution < 1.29 is 13.2 Å². The number of halogens is 3. The average Bonchev–Trinajstić information content (AvgIpc) is 2.60. The van der Waals surface area contributed by atoms with E-state index in [2.05, 4.69) is 15.3 Å². The summed E-state index contributed by atoms with van der Waals surface area (Å²) in [5.74, 6) is -0.876. The minimum Gasteiger partial charge on any atom is -0.367 e. The third kappa shape index (κ3) is 4.56. The maximum absolute atomic E-state index is 13.3. The Labute approximate surface area is 156 Å². The van der Waals surface area contributed by atoms with Crippen molar-refractivity contribution in [3.8, 4) is 0 Å². The number of nitrogens with one attached hydrogen (secondary N) is 1. The van der Waals surface area contributed by atoms with Crippen LogP contribution in [0.4, 0.5) is 19.0 Å². The van der Waals surface area contributed by atoms with Crippen LogP contribution in [0.5, 0.6) is 0 Å². The second kappa shape index (κ2) is 7.55. The lowest BCUT2D eigenvalue weighted by molar-refractivity contribution is -0.144. The number of aryl methyl sites for hydroxylation is 3. The minimum atomic E-state index is -4.59. The van der Waals surface area contributed by atoms with Crippen LogP contribution in [0.25, 0.3) is 10.9 Å². The molecule has 3 rings (SSSR count). The molecular formula is C21H22F3N3. The Kier molecular flexibility index (Phi) is 5.35. The number of rotatable bonds is 5. The summed E-state index contributed by atoms with van der Waals surface area (Å²) in [6.45, 7) is 5.63. The Morgan fingerprint density at radius 3 is 2.41 bits per heavy atom. The van der Waals surface area contributed by atoms with E-state index in [1.807, 2.05) is 56.3 Å². The van der Waals surface area contributed by atoms with Gasteiger partial charge in [0.2, 0.25) is 5.82 Å². The van der Waals surface area contributed by atoms with E-state index in [-0.39, 0.29) is 11.9 Å². The molecule has 0 bridgehead atoms. The maximum atomic E-state index is 13.3. The van der Waals surface area contributed by atoms with Crippen molar-refractivity contribution in [2.45, 2.75) is 45.8 Å². The zero-order valence-electron chi connectivity index (χ0n) is 15.6. The Morgan fingerprint density at radius 2 is 1.74 bits per heavy atom. The Balaban J connectivity index is 1.91. The van der Waals surface area contributed by atoms with Crippen molar-refractivity contribution in [2.24, 2.45) is 0 Å². The summed E-state index contributed by atoms with van der Waals surface area (Å²) in [6, 6.07) is 13.6. The first kappa shape index (κ1) is 19.1. The molecule has 1 aromatic heterocycles. The molecule has 0 aliphatic carbocycles. The molecule has 142 valence electrons. The van der Waals surface area contributed by atoms with Crippen molar-refractivity contribution in [2.75, 3.05) is 5.32 Å². The first-order chi connectivity index (χ1) is 12.7. The van der Waals surface area contributed by atoms with Gasteiger partial charge >= 0.3 is 6.18 Å². The van der Waals surface area contributed by atoms with Crippen LogP contribution in [0.3, 0.4) is 0 Å². The van der Waals surface area contributed by atoms with Crippen molar-refractivity contribution in [3.05, 3.63) is 65.0 Å².